The van der Waals surface area contributed by atoms with Gasteiger partial charge in [-0.3, -0.25) is 14.4 Å². The summed E-state index contributed by atoms with van der Waals surface area (Å²) in [7, 11) is 1.61. The first-order valence-corrected chi connectivity index (χ1v) is 14.1. The number of hydrogen-bond donors (Lipinski definition) is 3. The zero-order chi connectivity index (χ0) is 29.9. The molecule has 2 aliphatic heterocycles. The Balaban J connectivity index is 1.77. The summed E-state index contributed by atoms with van der Waals surface area (Å²) in [5, 5.41) is 15.5. The number of carbonyl (C=O) groups is 4. The molecule has 2 fully saturated rings. The van der Waals surface area contributed by atoms with Gasteiger partial charge in [0.2, 0.25) is 5.91 Å². The molecule has 3 rings (SSSR count). The van der Waals surface area contributed by atoms with Crippen molar-refractivity contribution in [3.8, 4) is 0 Å². The minimum atomic E-state index is -1.19. The fourth-order valence-electron chi connectivity index (χ4n) is 5.14. The topological polar surface area (TPSA) is 141 Å². The Morgan fingerprint density at radius 2 is 1.85 bits per heavy atom. The van der Waals surface area contributed by atoms with Crippen molar-refractivity contribution < 1.29 is 38.1 Å². The second kappa shape index (κ2) is 15.5. The van der Waals surface area contributed by atoms with Gasteiger partial charge in [0.1, 0.15) is 5.82 Å². The Morgan fingerprint density at radius 3 is 2.51 bits per heavy atom. The van der Waals surface area contributed by atoms with Crippen LogP contribution in [0.2, 0.25) is 0 Å². The van der Waals surface area contributed by atoms with Gasteiger partial charge in [-0.25, -0.2) is 9.18 Å². The average Bonchev–Trinajstić information content (AvgIpc) is 2.96. The molecule has 2 aliphatic rings. The number of carbonyl (C=O) groups excluding carboxylic acids is 3. The predicted molar refractivity (Wildman–Crippen MR) is 150 cm³/mol. The quantitative estimate of drug-likeness (QED) is 0.268. The molecule has 0 aromatic heterocycles. The maximum absolute atomic E-state index is 14.0. The Labute approximate surface area is 240 Å². The molecule has 2 saturated heterocycles. The highest BCUT2D eigenvalue weighted by Crippen LogP contribution is 2.26. The van der Waals surface area contributed by atoms with Crippen molar-refractivity contribution in [1.29, 1.82) is 0 Å². The van der Waals surface area contributed by atoms with Gasteiger partial charge in [-0.05, 0) is 43.4 Å². The summed E-state index contributed by atoms with van der Waals surface area (Å²) in [6, 6.07) is 3.14. The summed E-state index contributed by atoms with van der Waals surface area (Å²) in [4.78, 5) is 56.3. The van der Waals surface area contributed by atoms with Gasteiger partial charge in [0, 0.05) is 53.0 Å². The zero-order valence-electron chi connectivity index (χ0n) is 24.1. The number of amides is 4. The molecule has 3 N–H and O–H groups in total. The SMILES string of the molecule is COCCCCNc1cc(F)ccc1NC(=O)C(=O)N(CC(C)C)[C@H]1C[C@@H](C(=O)N2CCOCC2)CN(C(=O)O)C1. The van der Waals surface area contributed by atoms with Crippen LogP contribution in [-0.2, 0) is 23.9 Å². The number of nitrogens with zero attached hydrogens (tertiary/aromatic N) is 3. The molecule has 0 radical (unpaired) electrons. The summed E-state index contributed by atoms with van der Waals surface area (Å²) < 4.78 is 24.4. The largest absolute Gasteiger partial charge is 0.465 e. The lowest BCUT2D eigenvalue weighted by molar-refractivity contribution is -0.148. The summed E-state index contributed by atoms with van der Waals surface area (Å²) in [5.41, 5.74) is 0.585. The van der Waals surface area contributed by atoms with Crippen LogP contribution in [0.4, 0.5) is 20.6 Å². The number of anilines is 2. The van der Waals surface area contributed by atoms with Crippen LogP contribution >= 0.6 is 0 Å². The van der Waals surface area contributed by atoms with Gasteiger partial charge in [0.15, 0.2) is 0 Å². The number of unbranched alkanes of at least 4 members (excludes halogenated alkanes) is 1. The predicted octanol–water partition coefficient (Wildman–Crippen LogP) is 2.31. The van der Waals surface area contributed by atoms with E-state index in [0.717, 1.165) is 17.7 Å². The molecule has 12 nitrogen and oxygen atoms in total. The lowest BCUT2D eigenvalue weighted by Crippen LogP contribution is -2.59. The van der Waals surface area contributed by atoms with Crippen molar-refractivity contribution in [1.82, 2.24) is 14.7 Å². The number of benzene rings is 1. The molecule has 0 bridgehead atoms. The lowest BCUT2D eigenvalue weighted by atomic mass is 9.91. The van der Waals surface area contributed by atoms with Crippen LogP contribution in [0.25, 0.3) is 0 Å². The van der Waals surface area contributed by atoms with E-state index in [1.54, 1.807) is 12.0 Å². The van der Waals surface area contributed by atoms with Crippen LogP contribution in [0, 0.1) is 17.7 Å². The molecule has 228 valence electrons. The average molecular weight is 580 g/mol. The molecular formula is C28H42FN5O7. The molecule has 0 saturated carbocycles. The molecule has 1 aromatic carbocycles. The zero-order valence-corrected chi connectivity index (χ0v) is 24.1. The van der Waals surface area contributed by atoms with E-state index in [1.807, 2.05) is 13.8 Å². The summed E-state index contributed by atoms with van der Waals surface area (Å²) in [6.45, 7) is 6.74. The molecule has 2 heterocycles. The van der Waals surface area contributed by atoms with E-state index in [2.05, 4.69) is 10.6 Å². The first kappa shape index (κ1) is 32.1. The third-order valence-corrected chi connectivity index (χ3v) is 7.15. The highest BCUT2D eigenvalue weighted by molar-refractivity contribution is 6.40. The third-order valence-electron chi connectivity index (χ3n) is 7.15. The minimum absolute atomic E-state index is 0.0151. The molecule has 41 heavy (non-hydrogen) atoms. The first-order chi connectivity index (χ1) is 19.6. The number of ether oxygens (including phenoxy) is 2. The smallest absolute Gasteiger partial charge is 0.407 e. The van der Waals surface area contributed by atoms with Crippen LogP contribution in [-0.4, -0.2) is 116 Å². The molecule has 13 heteroatoms. The van der Waals surface area contributed by atoms with Gasteiger partial charge >= 0.3 is 17.9 Å². The third kappa shape index (κ3) is 9.28. The van der Waals surface area contributed by atoms with Crippen LogP contribution in [0.3, 0.4) is 0 Å². The van der Waals surface area contributed by atoms with Crippen molar-refractivity contribution in [3.05, 3.63) is 24.0 Å². The van der Waals surface area contributed by atoms with E-state index in [4.69, 9.17) is 9.47 Å². The second-order valence-electron chi connectivity index (χ2n) is 10.8. The van der Waals surface area contributed by atoms with Crippen molar-refractivity contribution in [2.24, 2.45) is 11.8 Å². The number of piperidine rings is 1. The molecule has 0 unspecified atom stereocenters. The Hall–Kier alpha value is -3.45. The summed E-state index contributed by atoms with van der Waals surface area (Å²) in [5.74, 6) is -3.14. The number of halogens is 1. The van der Waals surface area contributed by atoms with E-state index in [1.165, 1.54) is 23.1 Å². The van der Waals surface area contributed by atoms with Crippen LogP contribution in [0.15, 0.2) is 18.2 Å². The van der Waals surface area contributed by atoms with Crippen LogP contribution in [0.1, 0.15) is 33.1 Å². The lowest BCUT2D eigenvalue weighted by Gasteiger charge is -2.43. The van der Waals surface area contributed by atoms with E-state index < -0.39 is 35.7 Å². The number of carboxylic acid groups (broad SMARTS) is 1. The number of hydrogen-bond acceptors (Lipinski definition) is 7. The van der Waals surface area contributed by atoms with Crippen LogP contribution in [0.5, 0.6) is 0 Å². The molecule has 1 aromatic rings. The Morgan fingerprint density at radius 1 is 1.12 bits per heavy atom. The van der Waals surface area contributed by atoms with Crippen LogP contribution < -0.4 is 10.6 Å². The second-order valence-corrected chi connectivity index (χ2v) is 10.8. The standard InChI is InChI=1S/C28H42FN5O7/c1-19(2)16-34(22-14-20(17-33(18-22)28(38)39)26(36)32-9-12-41-13-10-32)27(37)25(35)31-23-7-6-21(29)15-24(23)30-8-4-5-11-40-3/h6-7,15,19-20,22,30H,4-5,8-14,16-18H2,1-3H3,(H,31,35)(H,38,39)/t20-,22+/m1/s1. The van der Waals surface area contributed by atoms with E-state index in [9.17, 15) is 28.7 Å². The number of likely N-dealkylation sites (tertiary alicyclic amines) is 1. The monoisotopic (exact) mass is 579 g/mol. The van der Waals surface area contributed by atoms with Crippen molar-refractivity contribution >= 4 is 35.2 Å². The first-order valence-electron chi connectivity index (χ1n) is 14.1. The number of nitrogens with one attached hydrogen (secondary N) is 2. The Kier molecular flexibility index (Phi) is 12.1. The van der Waals surface area contributed by atoms with Crippen molar-refractivity contribution in [2.45, 2.75) is 39.2 Å². The number of morpholine rings is 1. The van der Waals surface area contributed by atoms with Crippen molar-refractivity contribution in [3.63, 3.8) is 0 Å². The van der Waals surface area contributed by atoms with Gasteiger partial charge in [-0.2, -0.15) is 0 Å². The summed E-state index contributed by atoms with van der Waals surface area (Å²) in [6.07, 6.45) is 0.595. The molecule has 4 amide bonds. The van der Waals surface area contributed by atoms with Gasteiger partial charge in [-0.1, -0.05) is 13.8 Å². The minimum Gasteiger partial charge on any atom is -0.465 e. The Bertz CT molecular complexity index is 1070. The fraction of sp³-hybridized carbons (Fsp3) is 0.643. The van der Waals surface area contributed by atoms with Gasteiger partial charge in [-0.15, -0.1) is 0 Å². The number of methoxy groups -OCH3 is 1. The van der Waals surface area contributed by atoms with E-state index in [-0.39, 0.29) is 43.6 Å². The maximum atomic E-state index is 14.0. The van der Waals surface area contributed by atoms with Gasteiger partial charge in [0.25, 0.3) is 0 Å². The highest BCUT2D eigenvalue weighted by Gasteiger charge is 2.41. The molecular weight excluding hydrogens is 537 g/mol. The molecule has 0 spiro atoms. The normalized spacial score (nSPS) is 19.1. The number of rotatable bonds is 11. The maximum Gasteiger partial charge on any atom is 0.407 e. The fourth-order valence-corrected chi connectivity index (χ4v) is 5.14. The molecule has 2 atom stereocenters. The molecule has 0 aliphatic carbocycles. The van der Waals surface area contributed by atoms with Gasteiger partial charge < -0.3 is 39.9 Å². The summed E-state index contributed by atoms with van der Waals surface area (Å²) >= 11 is 0. The van der Waals surface area contributed by atoms with Crippen molar-refractivity contribution in [2.75, 3.05) is 76.8 Å². The van der Waals surface area contributed by atoms with E-state index in [0.29, 0.717) is 45.1 Å². The van der Waals surface area contributed by atoms with Gasteiger partial charge in [0.05, 0.1) is 36.5 Å². The van der Waals surface area contributed by atoms with E-state index >= 15 is 0 Å². The highest BCUT2D eigenvalue weighted by atomic mass is 19.1.